The lowest BCUT2D eigenvalue weighted by molar-refractivity contribution is 0.187. The van der Waals surface area contributed by atoms with Crippen LogP contribution >= 0.6 is 0 Å². The van der Waals surface area contributed by atoms with Crippen molar-refractivity contribution in [1.82, 2.24) is 41.7 Å². The maximum atomic E-state index is 3.52. The highest BCUT2D eigenvalue weighted by Gasteiger charge is 2.08. The summed E-state index contributed by atoms with van der Waals surface area (Å²) in [6.07, 6.45) is 0. The molecule has 2 unspecified atom stereocenters. The number of rotatable bonds is 0. The molecule has 0 saturated carbocycles. The molecule has 0 radical (unpaired) electrons. The Morgan fingerprint density at radius 3 is 1.65 bits per heavy atom. The Labute approximate surface area is 122 Å². The van der Waals surface area contributed by atoms with Gasteiger partial charge in [0.2, 0.25) is 0 Å². The normalized spacial score (nSPS) is 32.4. The zero-order valence-electron chi connectivity index (χ0n) is 12.4. The maximum Gasteiger partial charge on any atom is 0.0505 e. The highest BCUT2D eigenvalue weighted by atomic mass is 15.4. The molecule has 0 amide bonds. The first-order valence-electron chi connectivity index (χ1n) is 7.64. The number of hydrogen-bond acceptors (Lipinski definition) is 8. The average Bonchev–Trinajstić information content (AvgIpc) is 2.45. The summed E-state index contributed by atoms with van der Waals surface area (Å²) in [5.41, 5.74) is 0. The van der Waals surface area contributed by atoms with Crippen molar-refractivity contribution in [2.45, 2.75) is 0 Å². The van der Waals surface area contributed by atoms with Crippen LogP contribution in [0.25, 0.3) is 0 Å². The summed E-state index contributed by atoms with van der Waals surface area (Å²) in [4.78, 5) is 4.75. The average molecular weight is 286 g/mol. The van der Waals surface area contributed by atoms with Crippen LogP contribution in [-0.2, 0) is 0 Å². The van der Waals surface area contributed by atoms with Gasteiger partial charge in [-0.25, -0.2) is 0 Å². The van der Waals surface area contributed by atoms with Gasteiger partial charge in [0.1, 0.15) is 0 Å². The van der Waals surface area contributed by atoms with Crippen molar-refractivity contribution >= 4 is 0 Å². The summed E-state index contributed by atoms with van der Waals surface area (Å²) in [6.45, 7) is 11.5. The van der Waals surface area contributed by atoms with E-state index in [4.69, 9.17) is 0 Å². The van der Waals surface area contributed by atoms with Gasteiger partial charge in [-0.05, 0) is 0 Å². The van der Waals surface area contributed by atoms with Gasteiger partial charge < -0.3 is 26.6 Å². The van der Waals surface area contributed by atoms with Gasteiger partial charge in [-0.15, -0.1) is 0 Å². The Kier molecular flexibility index (Phi) is 8.36. The largest absolute Gasteiger partial charge is 0.303 e. The Morgan fingerprint density at radius 1 is 0.450 bits per heavy atom. The molecular formula is C12H30N8. The predicted molar refractivity (Wildman–Crippen MR) is 80.9 cm³/mol. The quantitative estimate of drug-likeness (QED) is 0.280. The zero-order valence-corrected chi connectivity index (χ0v) is 12.4. The van der Waals surface area contributed by atoms with Crippen LogP contribution < -0.4 is 31.9 Å². The lowest BCUT2D eigenvalue weighted by Gasteiger charge is -2.28. The second-order valence-corrected chi connectivity index (χ2v) is 5.28. The van der Waals surface area contributed by atoms with Crippen LogP contribution in [0.15, 0.2) is 0 Å². The van der Waals surface area contributed by atoms with Gasteiger partial charge in [0, 0.05) is 52.6 Å². The molecule has 2 rings (SSSR count). The number of nitrogens with zero attached hydrogens (tertiary/aromatic N) is 2. The minimum Gasteiger partial charge on any atom is -0.303 e. The predicted octanol–water partition coefficient (Wildman–Crippen LogP) is -3.10. The fraction of sp³-hybridized carbons (Fsp3) is 1.00. The smallest absolute Gasteiger partial charge is 0.0505 e. The topological polar surface area (TPSA) is 78.7 Å². The standard InChI is InChI=1S/C12H30N8/c1-2-15-9-20-10-16-4-3-14-8-19(6-5-17-11-20)12-18-7-13-1/h13-18H,1-12H2. The van der Waals surface area contributed by atoms with Gasteiger partial charge >= 0.3 is 0 Å². The van der Waals surface area contributed by atoms with E-state index in [1.165, 1.54) is 0 Å². The van der Waals surface area contributed by atoms with Gasteiger partial charge in [0.05, 0.1) is 26.7 Å². The van der Waals surface area contributed by atoms with E-state index in [0.717, 1.165) is 79.3 Å². The molecule has 0 aromatic rings. The van der Waals surface area contributed by atoms with Crippen molar-refractivity contribution in [1.29, 1.82) is 0 Å². The van der Waals surface area contributed by atoms with Gasteiger partial charge in [0.25, 0.3) is 0 Å². The molecule has 0 aromatic carbocycles. The van der Waals surface area contributed by atoms with Crippen LogP contribution in [0.1, 0.15) is 0 Å². The third kappa shape index (κ3) is 6.91. The van der Waals surface area contributed by atoms with Crippen molar-refractivity contribution in [3.05, 3.63) is 0 Å². The van der Waals surface area contributed by atoms with Crippen LogP contribution in [0, 0.1) is 0 Å². The Balaban J connectivity index is 1.87. The Bertz CT molecular complexity index is 215. The maximum absolute atomic E-state index is 3.52. The molecule has 2 saturated heterocycles. The molecule has 0 spiro atoms. The third-order valence-corrected chi connectivity index (χ3v) is 3.49. The molecule has 0 aromatic heterocycles. The first-order valence-corrected chi connectivity index (χ1v) is 7.64. The van der Waals surface area contributed by atoms with Gasteiger partial charge in [0.15, 0.2) is 0 Å². The van der Waals surface area contributed by atoms with E-state index in [1.807, 2.05) is 0 Å². The fourth-order valence-corrected chi connectivity index (χ4v) is 2.31. The summed E-state index contributed by atoms with van der Waals surface area (Å²) in [5.74, 6) is 0. The van der Waals surface area contributed by atoms with Crippen LogP contribution in [0.5, 0.6) is 0 Å². The van der Waals surface area contributed by atoms with Gasteiger partial charge in [-0.3, -0.25) is 15.1 Å². The lowest BCUT2D eigenvalue weighted by atomic mass is 10.5. The molecule has 2 atom stereocenters. The molecule has 2 heterocycles. The summed E-state index contributed by atoms with van der Waals surface area (Å²) in [6, 6.07) is 0. The molecule has 8 heteroatoms. The molecule has 2 fully saturated rings. The highest BCUT2D eigenvalue weighted by molar-refractivity contribution is 4.64. The molecule has 118 valence electrons. The number of hydrogen-bond donors (Lipinski definition) is 6. The van der Waals surface area contributed by atoms with Crippen LogP contribution in [0.4, 0.5) is 0 Å². The van der Waals surface area contributed by atoms with Gasteiger partial charge in [-0.2, -0.15) is 0 Å². The number of fused-ring (bicyclic) bond motifs is 5. The first kappa shape index (κ1) is 16.1. The molecule has 20 heavy (non-hydrogen) atoms. The molecule has 2 aliphatic rings. The van der Waals surface area contributed by atoms with Crippen molar-refractivity contribution in [3.8, 4) is 0 Å². The lowest BCUT2D eigenvalue weighted by Crippen LogP contribution is -2.52. The first-order chi connectivity index (χ1) is 9.95. The van der Waals surface area contributed by atoms with Crippen LogP contribution in [0.2, 0.25) is 0 Å². The van der Waals surface area contributed by atoms with E-state index in [1.54, 1.807) is 0 Å². The summed E-state index contributed by atoms with van der Waals surface area (Å²) < 4.78 is 0. The minimum absolute atomic E-state index is 0.858. The molecule has 0 aliphatic carbocycles. The van der Waals surface area contributed by atoms with Crippen LogP contribution in [0.3, 0.4) is 0 Å². The molecular weight excluding hydrogens is 256 g/mol. The minimum atomic E-state index is 0.858. The van der Waals surface area contributed by atoms with E-state index < -0.39 is 0 Å². The highest BCUT2D eigenvalue weighted by Crippen LogP contribution is 1.86. The van der Waals surface area contributed by atoms with E-state index in [-0.39, 0.29) is 0 Å². The summed E-state index contributed by atoms with van der Waals surface area (Å²) in [7, 11) is 0. The zero-order chi connectivity index (χ0) is 13.9. The summed E-state index contributed by atoms with van der Waals surface area (Å²) >= 11 is 0. The summed E-state index contributed by atoms with van der Waals surface area (Å²) in [5, 5.41) is 20.8. The van der Waals surface area contributed by atoms with Crippen molar-refractivity contribution < 1.29 is 0 Å². The molecule has 8 nitrogen and oxygen atoms in total. The molecule has 2 aliphatic heterocycles. The van der Waals surface area contributed by atoms with Crippen LogP contribution in [-0.4, -0.2) is 89.1 Å². The molecule has 2 bridgehead atoms. The van der Waals surface area contributed by atoms with E-state index >= 15 is 0 Å². The Hall–Kier alpha value is -0.320. The van der Waals surface area contributed by atoms with Crippen molar-refractivity contribution in [2.24, 2.45) is 0 Å². The van der Waals surface area contributed by atoms with Crippen molar-refractivity contribution in [2.75, 3.05) is 79.3 Å². The SMILES string of the molecule is C1CNCN2CNCCNCN(CCNC2)CNCN1. The number of nitrogens with one attached hydrogen (secondary N) is 6. The fourth-order valence-electron chi connectivity index (χ4n) is 2.31. The van der Waals surface area contributed by atoms with Gasteiger partial charge in [-0.1, -0.05) is 0 Å². The monoisotopic (exact) mass is 286 g/mol. The van der Waals surface area contributed by atoms with Crippen molar-refractivity contribution in [3.63, 3.8) is 0 Å². The second-order valence-electron chi connectivity index (χ2n) is 5.28. The second kappa shape index (κ2) is 10.4. The Morgan fingerprint density at radius 2 is 0.950 bits per heavy atom. The van der Waals surface area contributed by atoms with E-state index in [2.05, 4.69) is 41.7 Å². The van der Waals surface area contributed by atoms with E-state index in [9.17, 15) is 0 Å². The molecule has 6 N–H and O–H groups in total. The van der Waals surface area contributed by atoms with E-state index in [0.29, 0.717) is 0 Å². The third-order valence-electron chi connectivity index (χ3n) is 3.49.